The van der Waals surface area contributed by atoms with E-state index in [9.17, 15) is 9.18 Å². The predicted molar refractivity (Wildman–Crippen MR) is 59.7 cm³/mol. The molecule has 1 aromatic rings. The summed E-state index contributed by atoms with van der Waals surface area (Å²) >= 11 is 0. The SMILES string of the molecule is CC(=O)N1CCN(c2ccc[c]c2F)CC1. The fourth-order valence-electron chi connectivity index (χ4n) is 1.91. The van der Waals surface area contributed by atoms with Crippen molar-refractivity contribution in [3.05, 3.63) is 30.1 Å². The van der Waals surface area contributed by atoms with Crippen LogP contribution in [-0.2, 0) is 4.79 Å². The van der Waals surface area contributed by atoms with Crippen LogP contribution in [0.4, 0.5) is 10.1 Å². The Morgan fingerprint density at radius 3 is 2.62 bits per heavy atom. The van der Waals surface area contributed by atoms with Crippen LogP contribution in [0.1, 0.15) is 6.92 Å². The number of benzene rings is 1. The van der Waals surface area contributed by atoms with E-state index in [-0.39, 0.29) is 11.7 Å². The highest BCUT2D eigenvalue weighted by atomic mass is 19.1. The largest absolute Gasteiger partial charge is 0.366 e. The molecule has 2 rings (SSSR count). The maximum atomic E-state index is 13.5. The van der Waals surface area contributed by atoms with E-state index in [1.165, 1.54) is 0 Å². The van der Waals surface area contributed by atoms with Crippen LogP contribution in [0.2, 0.25) is 0 Å². The highest BCUT2D eigenvalue weighted by molar-refractivity contribution is 5.73. The van der Waals surface area contributed by atoms with Gasteiger partial charge in [-0.3, -0.25) is 4.79 Å². The number of anilines is 1. The second-order valence-corrected chi connectivity index (χ2v) is 3.86. The lowest BCUT2D eigenvalue weighted by Gasteiger charge is -2.35. The summed E-state index contributed by atoms with van der Waals surface area (Å²) in [5.74, 6) is -0.237. The van der Waals surface area contributed by atoms with E-state index in [4.69, 9.17) is 0 Å². The molecule has 85 valence electrons. The summed E-state index contributed by atoms with van der Waals surface area (Å²) in [6.45, 7) is 4.22. The number of carbonyl (C=O) groups is 1. The van der Waals surface area contributed by atoms with E-state index in [0.29, 0.717) is 31.9 Å². The monoisotopic (exact) mass is 221 g/mol. The normalized spacial score (nSPS) is 16.4. The van der Waals surface area contributed by atoms with E-state index in [1.807, 2.05) is 4.90 Å². The van der Waals surface area contributed by atoms with Gasteiger partial charge >= 0.3 is 0 Å². The fourth-order valence-corrected chi connectivity index (χ4v) is 1.91. The van der Waals surface area contributed by atoms with Crippen LogP contribution in [0.25, 0.3) is 0 Å². The Labute approximate surface area is 94.5 Å². The predicted octanol–water partition coefficient (Wildman–Crippen LogP) is 1.29. The van der Waals surface area contributed by atoms with E-state index in [1.54, 1.807) is 30.0 Å². The molecule has 3 nitrogen and oxygen atoms in total. The zero-order valence-corrected chi connectivity index (χ0v) is 9.24. The first-order valence-electron chi connectivity index (χ1n) is 5.35. The summed E-state index contributed by atoms with van der Waals surface area (Å²) in [6, 6.07) is 7.62. The lowest BCUT2D eigenvalue weighted by atomic mass is 10.2. The van der Waals surface area contributed by atoms with E-state index < -0.39 is 0 Å². The molecule has 0 aromatic heterocycles. The third-order valence-corrected chi connectivity index (χ3v) is 2.85. The number of piperazine rings is 1. The summed E-state index contributed by atoms with van der Waals surface area (Å²) in [7, 11) is 0. The number of hydrogen-bond donors (Lipinski definition) is 0. The zero-order valence-electron chi connectivity index (χ0n) is 9.24. The lowest BCUT2D eigenvalue weighted by Crippen LogP contribution is -2.48. The summed E-state index contributed by atoms with van der Waals surface area (Å²) in [6.07, 6.45) is 0. The Morgan fingerprint density at radius 1 is 1.38 bits per heavy atom. The Morgan fingerprint density at radius 2 is 2.06 bits per heavy atom. The number of hydrogen-bond acceptors (Lipinski definition) is 2. The van der Waals surface area contributed by atoms with Gasteiger partial charge in [0.05, 0.1) is 5.69 Å². The first kappa shape index (κ1) is 10.9. The van der Waals surface area contributed by atoms with E-state index in [2.05, 4.69) is 6.07 Å². The molecule has 0 unspecified atom stereocenters. The van der Waals surface area contributed by atoms with Crippen molar-refractivity contribution in [1.29, 1.82) is 0 Å². The van der Waals surface area contributed by atoms with Crippen molar-refractivity contribution in [3.8, 4) is 0 Å². The Hall–Kier alpha value is -1.58. The molecule has 4 heteroatoms. The van der Waals surface area contributed by atoms with Crippen molar-refractivity contribution in [2.45, 2.75) is 6.92 Å². The Kier molecular flexibility index (Phi) is 3.08. The van der Waals surface area contributed by atoms with Crippen LogP contribution in [0.5, 0.6) is 0 Å². The third kappa shape index (κ3) is 2.15. The highest BCUT2D eigenvalue weighted by Crippen LogP contribution is 2.19. The van der Waals surface area contributed by atoms with E-state index >= 15 is 0 Å². The molecule has 0 saturated carbocycles. The minimum absolute atomic E-state index is 0.0831. The number of halogens is 1. The van der Waals surface area contributed by atoms with Crippen LogP contribution in [0.15, 0.2) is 18.2 Å². The summed E-state index contributed by atoms with van der Waals surface area (Å²) in [5.41, 5.74) is 0.575. The van der Waals surface area contributed by atoms with Gasteiger partial charge in [-0.05, 0) is 6.07 Å². The second-order valence-electron chi connectivity index (χ2n) is 3.86. The number of rotatable bonds is 1. The van der Waals surface area contributed by atoms with Crippen molar-refractivity contribution in [1.82, 2.24) is 4.90 Å². The number of carbonyl (C=O) groups excluding carboxylic acids is 1. The zero-order chi connectivity index (χ0) is 11.5. The molecule has 1 aliphatic heterocycles. The molecule has 1 fully saturated rings. The quantitative estimate of drug-likeness (QED) is 0.713. The van der Waals surface area contributed by atoms with Gasteiger partial charge in [0.1, 0.15) is 0 Å². The Balaban J connectivity index is 2.05. The third-order valence-electron chi connectivity index (χ3n) is 2.85. The average Bonchev–Trinajstić information content (AvgIpc) is 2.30. The number of amides is 1. The molecule has 16 heavy (non-hydrogen) atoms. The minimum atomic E-state index is -0.321. The molecule has 0 spiro atoms. The smallest absolute Gasteiger partial charge is 0.219 e. The lowest BCUT2D eigenvalue weighted by molar-refractivity contribution is -0.129. The molecule has 0 atom stereocenters. The Bertz CT molecular complexity index is 386. The van der Waals surface area contributed by atoms with Gasteiger partial charge < -0.3 is 9.80 Å². The molecule has 0 aliphatic carbocycles. The number of nitrogens with zero attached hydrogens (tertiary/aromatic N) is 2. The average molecular weight is 221 g/mol. The first-order chi connectivity index (χ1) is 7.68. The van der Waals surface area contributed by atoms with Gasteiger partial charge in [-0.1, -0.05) is 12.1 Å². The minimum Gasteiger partial charge on any atom is -0.366 e. The highest BCUT2D eigenvalue weighted by Gasteiger charge is 2.20. The van der Waals surface area contributed by atoms with Crippen molar-refractivity contribution in [2.75, 3.05) is 31.1 Å². The summed E-state index contributed by atoms with van der Waals surface area (Å²) in [5, 5.41) is 0. The molecular weight excluding hydrogens is 207 g/mol. The fraction of sp³-hybridized carbons (Fsp3) is 0.417. The molecule has 1 heterocycles. The van der Waals surface area contributed by atoms with Crippen molar-refractivity contribution in [2.24, 2.45) is 0 Å². The molecule has 1 amide bonds. The van der Waals surface area contributed by atoms with Gasteiger partial charge in [0.25, 0.3) is 0 Å². The molecular formula is C12H14FN2O. The van der Waals surface area contributed by atoms with Crippen LogP contribution < -0.4 is 4.90 Å². The maximum absolute atomic E-state index is 13.5. The van der Waals surface area contributed by atoms with Gasteiger partial charge in [0.2, 0.25) is 5.91 Å². The molecule has 1 radical (unpaired) electrons. The molecule has 1 aliphatic rings. The van der Waals surface area contributed by atoms with Crippen LogP contribution >= 0.6 is 0 Å². The van der Waals surface area contributed by atoms with Gasteiger partial charge in [0, 0.05) is 39.2 Å². The van der Waals surface area contributed by atoms with Crippen LogP contribution in [-0.4, -0.2) is 37.0 Å². The molecule has 1 saturated heterocycles. The van der Waals surface area contributed by atoms with Crippen molar-refractivity contribution < 1.29 is 9.18 Å². The molecule has 0 bridgehead atoms. The van der Waals surface area contributed by atoms with Crippen molar-refractivity contribution in [3.63, 3.8) is 0 Å². The molecule has 1 aromatic carbocycles. The van der Waals surface area contributed by atoms with Crippen LogP contribution in [0.3, 0.4) is 0 Å². The van der Waals surface area contributed by atoms with Gasteiger partial charge in [-0.2, -0.15) is 0 Å². The van der Waals surface area contributed by atoms with E-state index in [0.717, 1.165) is 0 Å². The van der Waals surface area contributed by atoms with Gasteiger partial charge in [-0.15, -0.1) is 0 Å². The molecule has 0 N–H and O–H groups in total. The summed E-state index contributed by atoms with van der Waals surface area (Å²) < 4.78 is 13.5. The topological polar surface area (TPSA) is 23.6 Å². The van der Waals surface area contributed by atoms with Gasteiger partial charge in [-0.25, -0.2) is 4.39 Å². The van der Waals surface area contributed by atoms with Gasteiger partial charge in [0.15, 0.2) is 5.82 Å². The summed E-state index contributed by atoms with van der Waals surface area (Å²) in [4.78, 5) is 14.9. The standard InChI is InChI=1S/C12H14FN2O/c1-10(16)14-6-8-15(9-7-14)12-5-3-2-4-11(12)13/h2-3,5H,6-9H2,1H3. The maximum Gasteiger partial charge on any atom is 0.219 e. The first-order valence-corrected chi connectivity index (χ1v) is 5.35. The van der Waals surface area contributed by atoms with Crippen LogP contribution in [0, 0.1) is 11.9 Å². The second kappa shape index (κ2) is 4.51. The van der Waals surface area contributed by atoms with Crippen molar-refractivity contribution >= 4 is 11.6 Å².